The Labute approximate surface area is 181 Å². The van der Waals surface area contributed by atoms with Gasteiger partial charge in [0.25, 0.3) is 0 Å². The van der Waals surface area contributed by atoms with E-state index in [0.29, 0.717) is 17.5 Å². The highest BCUT2D eigenvalue weighted by Crippen LogP contribution is 2.46. The number of rotatable bonds is 7. The second-order valence-corrected chi connectivity index (χ2v) is 8.08. The maximum absolute atomic E-state index is 13.2. The molecule has 1 saturated heterocycles. The maximum atomic E-state index is 13.2. The van der Waals surface area contributed by atoms with Crippen LogP contribution >= 0.6 is 0 Å². The van der Waals surface area contributed by atoms with Crippen molar-refractivity contribution < 1.29 is 19.4 Å². The van der Waals surface area contributed by atoms with E-state index < -0.39 is 0 Å². The van der Waals surface area contributed by atoms with Crippen LogP contribution in [-0.4, -0.2) is 16.1 Å². The molecule has 0 aromatic heterocycles. The first-order valence-electron chi connectivity index (χ1n) is 10.6. The SMILES string of the molecule is O=C1C[C@@H](CCCc2ccc(F)cc2)[C@@H](c2ccc(CO)cc2O)N1c1ccccc1. The van der Waals surface area contributed by atoms with E-state index in [-0.39, 0.29) is 36.0 Å². The molecule has 2 atom stereocenters. The van der Waals surface area contributed by atoms with Gasteiger partial charge in [-0.25, -0.2) is 4.39 Å². The summed E-state index contributed by atoms with van der Waals surface area (Å²) in [5, 5.41) is 20.1. The molecule has 3 aromatic rings. The minimum atomic E-state index is -0.282. The Morgan fingerprint density at radius 1 is 0.968 bits per heavy atom. The third-order valence-corrected chi connectivity index (χ3v) is 6.01. The summed E-state index contributed by atoms with van der Waals surface area (Å²) in [5.74, 6) is -0.0751. The van der Waals surface area contributed by atoms with Crippen molar-refractivity contribution in [2.75, 3.05) is 4.90 Å². The van der Waals surface area contributed by atoms with E-state index in [1.54, 1.807) is 29.2 Å². The molecule has 31 heavy (non-hydrogen) atoms. The third-order valence-electron chi connectivity index (χ3n) is 6.01. The van der Waals surface area contributed by atoms with Crippen LogP contribution in [-0.2, 0) is 17.8 Å². The van der Waals surface area contributed by atoms with Crippen LogP contribution in [0.5, 0.6) is 5.75 Å². The number of amides is 1. The lowest BCUT2D eigenvalue weighted by molar-refractivity contribution is -0.117. The number of aliphatic hydroxyl groups excluding tert-OH is 1. The fourth-order valence-electron chi connectivity index (χ4n) is 4.50. The van der Waals surface area contributed by atoms with Gasteiger partial charge >= 0.3 is 0 Å². The van der Waals surface area contributed by atoms with Gasteiger partial charge in [-0.15, -0.1) is 0 Å². The van der Waals surface area contributed by atoms with Gasteiger partial charge in [0.05, 0.1) is 12.6 Å². The van der Waals surface area contributed by atoms with Crippen LogP contribution in [0.2, 0.25) is 0 Å². The number of carbonyl (C=O) groups excluding carboxylic acids is 1. The highest BCUT2D eigenvalue weighted by Gasteiger charge is 2.42. The molecule has 1 fully saturated rings. The monoisotopic (exact) mass is 419 g/mol. The Morgan fingerprint density at radius 3 is 2.35 bits per heavy atom. The molecular weight excluding hydrogens is 393 g/mol. The first kappa shape index (κ1) is 21.1. The highest BCUT2D eigenvalue weighted by molar-refractivity contribution is 5.97. The number of halogens is 1. The number of aliphatic hydroxyl groups is 1. The van der Waals surface area contributed by atoms with Crippen LogP contribution in [0, 0.1) is 11.7 Å². The summed E-state index contributed by atoms with van der Waals surface area (Å²) < 4.78 is 13.2. The minimum Gasteiger partial charge on any atom is -0.508 e. The lowest BCUT2D eigenvalue weighted by Gasteiger charge is -2.29. The summed E-state index contributed by atoms with van der Waals surface area (Å²) in [4.78, 5) is 14.8. The van der Waals surface area contributed by atoms with Gasteiger partial charge in [0.1, 0.15) is 11.6 Å². The Kier molecular flexibility index (Phi) is 6.33. The summed E-state index contributed by atoms with van der Waals surface area (Å²) in [6.45, 7) is -0.152. The second-order valence-electron chi connectivity index (χ2n) is 8.08. The van der Waals surface area contributed by atoms with Crippen molar-refractivity contribution in [3.8, 4) is 5.75 Å². The van der Waals surface area contributed by atoms with Crippen LogP contribution in [0.4, 0.5) is 10.1 Å². The maximum Gasteiger partial charge on any atom is 0.227 e. The van der Waals surface area contributed by atoms with Crippen molar-refractivity contribution in [3.63, 3.8) is 0 Å². The number of benzene rings is 3. The zero-order valence-electron chi connectivity index (χ0n) is 17.2. The fraction of sp³-hybridized carbons (Fsp3) is 0.269. The molecule has 1 aliphatic heterocycles. The predicted octanol–water partition coefficient (Wildman–Crippen LogP) is 5.14. The standard InChI is InChI=1S/C26H26FNO3/c27-21-12-9-18(10-13-21)5-4-6-20-16-25(31)28(22-7-2-1-3-8-22)26(20)23-14-11-19(17-29)15-24(23)30/h1-3,7-15,20,26,29-30H,4-6,16-17H2/t20-,26+/m1/s1. The van der Waals surface area contributed by atoms with Crippen molar-refractivity contribution in [3.05, 3.63) is 95.3 Å². The van der Waals surface area contributed by atoms with Gasteiger partial charge in [-0.05, 0) is 66.6 Å². The van der Waals surface area contributed by atoms with Crippen LogP contribution in [0.3, 0.4) is 0 Å². The number of phenols is 1. The average molecular weight is 419 g/mol. The lowest BCUT2D eigenvalue weighted by Crippen LogP contribution is -2.28. The van der Waals surface area contributed by atoms with Gasteiger partial charge in [0.15, 0.2) is 0 Å². The number of aryl methyl sites for hydroxylation is 1. The first-order chi connectivity index (χ1) is 15.1. The van der Waals surface area contributed by atoms with Gasteiger partial charge in [0, 0.05) is 17.7 Å². The Bertz CT molecular complexity index is 1040. The van der Waals surface area contributed by atoms with Crippen molar-refractivity contribution >= 4 is 11.6 Å². The van der Waals surface area contributed by atoms with Crippen molar-refractivity contribution in [2.45, 2.75) is 38.3 Å². The molecule has 2 N–H and O–H groups in total. The summed E-state index contributed by atoms with van der Waals surface area (Å²) in [6, 6.07) is 20.9. The number of anilines is 1. The third kappa shape index (κ3) is 4.62. The summed E-state index contributed by atoms with van der Waals surface area (Å²) >= 11 is 0. The number of hydrogen-bond donors (Lipinski definition) is 2. The number of carbonyl (C=O) groups is 1. The normalized spacial score (nSPS) is 18.5. The number of aromatic hydroxyl groups is 1. The lowest BCUT2D eigenvalue weighted by atomic mass is 9.87. The Morgan fingerprint density at radius 2 is 1.68 bits per heavy atom. The molecule has 4 nitrogen and oxygen atoms in total. The van der Waals surface area contributed by atoms with Gasteiger partial charge in [-0.1, -0.05) is 42.5 Å². The second kappa shape index (κ2) is 9.31. The number of para-hydroxylation sites is 1. The van der Waals surface area contributed by atoms with Crippen molar-refractivity contribution in [2.24, 2.45) is 5.92 Å². The molecule has 4 rings (SSSR count). The van der Waals surface area contributed by atoms with Crippen LogP contribution in [0.15, 0.2) is 72.8 Å². The van der Waals surface area contributed by atoms with Crippen molar-refractivity contribution in [1.82, 2.24) is 0 Å². The molecule has 1 heterocycles. The van der Waals surface area contributed by atoms with E-state index in [4.69, 9.17) is 0 Å². The summed E-state index contributed by atoms with van der Waals surface area (Å²) in [6.07, 6.45) is 2.87. The molecule has 0 unspecified atom stereocenters. The van der Waals surface area contributed by atoms with Gasteiger partial charge in [-0.2, -0.15) is 0 Å². The molecule has 5 heteroatoms. The van der Waals surface area contributed by atoms with Gasteiger partial charge < -0.3 is 15.1 Å². The van der Waals surface area contributed by atoms with Gasteiger partial charge in [0.2, 0.25) is 5.91 Å². The fourth-order valence-corrected chi connectivity index (χ4v) is 4.50. The van der Waals surface area contributed by atoms with E-state index in [1.807, 2.05) is 36.4 Å². The molecular formula is C26H26FNO3. The van der Waals surface area contributed by atoms with Crippen LogP contribution in [0.1, 0.15) is 42.0 Å². The first-order valence-corrected chi connectivity index (χ1v) is 10.6. The minimum absolute atomic E-state index is 0.0358. The molecule has 3 aromatic carbocycles. The van der Waals surface area contributed by atoms with Crippen LogP contribution in [0.25, 0.3) is 0 Å². The smallest absolute Gasteiger partial charge is 0.227 e. The van der Waals surface area contributed by atoms with Crippen molar-refractivity contribution in [1.29, 1.82) is 0 Å². The number of phenolic OH excluding ortho intramolecular Hbond substituents is 1. The Hall–Kier alpha value is -3.18. The van der Waals surface area contributed by atoms with E-state index >= 15 is 0 Å². The van der Waals surface area contributed by atoms with Crippen LogP contribution < -0.4 is 4.90 Å². The summed E-state index contributed by atoms with van der Waals surface area (Å²) in [5.41, 5.74) is 3.20. The quantitative estimate of drug-likeness (QED) is 0.557. The summed E-state index contributed by atoms with van der Waals surface area (Å²) in [7, 11) is 0. The topological polar surface area (TPSA) is 60.8 Å². The van der Waals surface area contributed by atoms with E-state index in [9.17, 15) is 19.4 Å². The zero-order valence-corrected chi connectivity index (χ0v) is 17.2. The average Bonchev–Trinajstić information content (AvgIpc) is 3.11. The predicted molar refractivity (Wildman–Crippen MR) is 118 cm³/mol. The molecule has 0 aliphatic carbocycles. The molecule has 160 valence electrons. The van der Waals surface area contributed by atoms with E-state index in [2.05, 4.69) is 0 Å². The highest BCUT2D eigenvalue weighted by atomic mass is 19.1. The van der Waals surface area contributed by atoms with Gasteiger partial charge in [-0.3, -0.25) is 4.79 Å². The molecule has 1 amide bonds. The molecule has 0 bridgehead atoms. The molecule has 1 aliphatic rings. The Balaban J connectivity index is 1.60. The van der Waals surface area contributed by atoms with E-state index in [0.717, 1.165) is 30.5 Å². The zero-order chi connectivity index (χ0) is 21.8. The number of nitrogens with zero attached hydrogens (tertiary/aromatic N) is 1. The molecule has 0 radical (unpaired) electrons. The molecule has 0 spiro atoms. The largest absolute Gasteiger partial charge is 0.508 e. The number of hydrogen-bond acceptors (Lipinski definition) is 3. The molecule has 0 saturated carbocycles. The van der Waals surface area contributed by atoms with E-state index in [1.165, 1.54) is 12.1 Å².